The molecule has 2 aromatic heterocycles. The van der Waals surface area contributed by atoms with Crippen molar-refractivity contribution in [3.05, 3.63) is 151 Å². The van der Waals surface area contributed by atoms with Crippen molar-refractivity contribution >= 4 is 24.3 Å². The Morgan fingerprint density at radius 1 is 0.671 bits per heavy atom. The smallest absolute Gasteiger partial charge is 0.338 e. The molecule has 0 bridgehead atoms. The van der Waals surface area contributed by atoms with Crippen LogP contribution in [0.15, 0.2) is 72.8 Å². The Kier molecular flexibility index (Phi) is 24.9. The molecule has 4 aliphatic heterocycles. The number of fused-ring (bicyclic) bond motifs is 2. The molecule has 0 saturated carbocycles. The van der Waals surface area contributed by atoms with Crippen molar-refractivity contribution in [2.45, 2.75) is 119 Å². The second-order valence-corrected chi connectivity index (χ2v) is 20.5. The van der Waals surface area contributed by atoms with Crippen molar-refractivity contribution < 1.29 is 25.2 Å². The van der Waals surface area contributed by atoms with Gasteiger partial charge in [0.2, 0.25) is 0 Å². The van der Waals surface area contributed by atoms with Crippen LogP contribution in [-0.4, -0.2) is 137 Å². The van der Waals surface area contributed by atoms with E-state index < -0.39 is 7.15 Å². The zero-order valence-corrected chi connectivity index (χ0v) is 49.3. The van der Waals surface area contributed by atoms with Gasteiger partial charge in [0, 0.05) is 137 Å². The van der Waals surface area contributed by atoms with E-state index in [9.17, 15) is 14.0 Å². The lowest BCUT2D eigenvalue weighted by Crippen LogP contribution is -2.48. The maximum absolute atomic E-state index is 13.4. The van der Waals surface area contributed by atoms with Crippen LogP contribution in [0.25, 0.3) is 22.8 Å². The fourth-order valence-corrected chi connectivity index (χ4v) is 10.2. The van der Waals surface area contributed by atoms with E-state index in [2.05, 4.69) is 84.8 Å². The van der Waals surface area contributed by atoms with Gasteiger partial charge >= 0.3 is 5.97 Å². The van der Waals surface area contributed by atoms with E-state index in [4.69, 9.17) is 31.7 Å². The maximum atomic E-state index is 13.4. The number of likely N-dealkylation sites (tertiary alicyclic amines) is 1. The zero-order chi connectivity index (χ0) is 57.9. The third-order valence-corrected chi connectivity index (χ3v) is 15.0. The van der Waals surface area contributed by atoms with E-state index in [0.717, 1.165) is 140 Å². The number of methoxy groups -OCH3 is 1. The summed E-state index contributed by atoms with van der Waals surface area (Å²) in [7, 11) is 1.41. The Morgan fingerprint density at radius 3 is 1.44 bits per heavy atom. The number of carbonyl (C=O) groups excluding carboxylic acids is 2. The molecule has 6 heterocycles. The van der Waals surface area contributed by atoms with Crippen LogP contribution >= 0.6 is 12.4 Å². The largest absolute Gasteiger partial charge is 0.465 e. The number of hydrogen-bond acceptors (Lipinski definition) is 11. The number of H-pyrrole nitrogens is 2. The molecule has 4 aromatic carbocycles. The molecule has 2 fully saturated rings. The molecular formula is C63H84ClFN10O4. The van der Waals surface area contributed by atoms with Crippen molar-refractivity contribution in [3.8, 4) is 34.9 Å². The molecular weight excluding hydrogens is 1020 g/mol. The first-order valence-corrected chi connectivity index (χ1v) is 27.3. The molecule has 424 valence electrons. The number of carbonyl (C=O) groups is 2. The first-order chi connectivity index (χ1) is 38.0. The van der Waals surface area contributed by atoms with Crippen molar-refractivity contribution in [2.24, 2.45) is 0 Å². The number of aliphatic hydroxyl groups excluding tert-OH is 1. The predicted octanol–water partition coefficient (Wildman–Crippen LogP) is 10.8. The molecule has 0 radical (unpaired) electrons. The van der Waals surface area contributed by atoms with Gasteiger partial charge < -0.3 is 39.8 Å². The van der Waals surface area contributed by atoms with Crippen LogP contribution in [0.2, 0.25) is 0 Å². The summed E-state index contributed by atoms with van der Waals surface area (Å²) in [5.41, 5.74) is 16.2. The molecule has 1 amide bonds. The topological polar surface area (TPSA) is 190 Å². The molecule has 14 nitrogen and oxygen atoms in total. The molecule has 79 heavy (non-hydrogen) atoms. The maximum Gasteiger partial charge on any atom is 0.338 e. The van der Waals surface area contributed by atoms with Crippen LogP contribution in [0.3, 0.4) is 0 Å². The second kappa shape index (κ2) is 31.2. The minimum absolute atomic E-state index is 0. The average Bonchev–Trinajstić information content (AvgIpc) is 3.88. The number of nitriles is 2. The fourth-order valence-electron chi connectivity index (χ4n) is 10.2. The minimum Gasteiger partial charge on any atom is -0.465 e. The Bertz CT molecular complexity index is 2980. The number of alkyl halides is 1. The van der Waals surface area contributed by atoms with Gasteiger partial charge in [-0.25, -0.2) is 14.8 Å². The summed E-state index contributed by atoms with van der Waals surface area (Å²) >= 11 is 0. The van der Waals surface area contributed by atoms with Gasteiger partial charge in [0.15, 0.2) is 0 Å². The third kappa shape index (κ3) is 16.2. The quantitative estimate of drug-likeness (QED) is 0.106. The number of nitrogens with zero attached hydrogens (tertiary/aromatic N) is 7. The number of rotatable bonds is 8. The van der Waals surface area contributed by atoms with Gasteiger partial charge in [0.05, 0.1) is 55.9 Å². The number of ether oxygens (including phenoxy) is 1. The number of aryl methyl sites for hydroxylation is 4. The normalized spacial score (nSPS) is 15.0. The van der Waals surface area contributed by atoms with Crippen LogP contribution in [-0.2, 0) is 30.4 Å². The average molecular weight is 1100 g/mol. The van der Waals surface area contributed by atoms with Crippen LogP contribution in [0.4, 0.5) is 4.39 Å². The van der Waals surface area contributed by atoms with Crippen molar-refractivity contribution in [2.75, 3.05) is 73.7 Å². The minimum atomic E-state index is -1.00. The molecule has 0 spiro atoms. The van der Waals surface area contributed by atoms with E-state index in [-0.39, 0.29) is 24.3 Å². The summed E-state index contributed by atoms with van der Waals surface area (Å²) in [6.45, 7) is 28.8. The SMILES string of the molecule is CC.CO.COC(=O)c1cc(-c2nc3c([nH]2)CCN(C(C)C)CC3)c(C)cc1C.Cc1cc(C)c(-c2nc3c([nH]2)CCN(C(C)C)CC3)cc1C(=O)N1CC(c2ccc(C#N)cc2)C1.Cl.N#Cc1ccc(C2CNC2)cc1.[2H]CF. The van der Waals surface area contributed by atoms with Gasteiger partial charge in [0.1, 0.15) is 11.6 Å². The molecule has 4 aliphatic rings. The highest BCUT2D eigenvalue weighted by atomic mass is 35.5. The van der Waals surface area contributed by atoms with Crippen LogP contribution in [0.1, 0.15) is 143 Å². The second-order valence-electron chi connectivity index (χ2n) is 20.5. The van der Waals surface area contributed by atoms with Gasteiger partial charge in [-0.2, -0.15) is 10.5 Å². The van der Waals surface area contributed by atoms with Gasteiger partial charge in [-0.05, 0) is 125 Å². The number of nitrogens with one attached hydrogen (secondary N) is 3. The lowest BCUT2D eigenvalue weighted by molar-refractivity contribution is 0.0593. The summed E-state index contributed by atoms with van der Waals surface area (Å²) in [6, 6.07) is 29.0. The number of halogens is 2. The Morgan fingerprint density at radius 2 is 1.06 bits per heavy atom. The lowest BCUT2D eigenvalue weighted by atomic mass is 9.89. The van der Waals surface area contributed by atoms with E-state index in [1.54, 1.807) is 0 Å². The van der Waals surface area contributed by atoms with Crippen molar-refractivity contribution in [1.29, 1.82) is 10.5 Å². The lowest BCUT2D eigenvalue weighted by Gasteiger charge is -2.40. The van der Waals surface area contributed by atoms with E-state index in [1.165, 1.54) is 29.6 Å². The number of aromatic amines is 2. The van der Waals surface area contributed by atoms with E-state index in [0.29, 0.717) is 48.1 Å². The Labute approximate surface area is 476 Å². The van der Waals surface area contributed by atoms with Gasteiger partial charge in [-0.3, -0.25) is 9.18 Å². The van der Waals surface area contributed by atoms with Crippen molar-refractivity contribution in [3.63, 3.8) is 0 Å². The van der Waals surface area contributed by atoms with Gasteiger partial charge in [-0.15, -0.1) is 12.4 Å². The number of benzene rings is 4. The van der Waals surface area contributed by atoms with Crippen LogP contribution in [0, 0.1) is 50.4 Å². The number of esters is 1. The Hall–Kier alpha value is -6.72. The van der Waals surface area contributed by atoms with E-state index in [1.807, 2.05) is 99.3 Å². The molecule has 10 rings (SSSR count). The summed E-state index contributed by atoms with van der Waals surface area (Å²) in [5.74, 6) is 2.49. The summed E-state index contributed by atoms with van der Waals surface area (Å²) < 4.78 is 20.4. The Balaban J connectivity index is 0.000000266. The number of aliphatic hydroxyl groups is 1. The monoisotopic (exact) mass is 1100 g/mol. The summed E-state index contributed by atoms with van der Waals surface area (Å²) in [5, 5.41) is 27.8. The van der Waals surface area contributed by atoms with Gasteiger partial charge in [-0.1, -0.05) is 50.2 Å². The highest BCUT2D eigenvalue weighted by Gasteiger charge is 2.33. The van der Waals surface area contributed by atoms with Crippen LogP contribution < -0.4 is 5.32 Å². The number of imidazole rings is 2. The first kappa shape index (κ1) is 63.1. The van der Waals surface area contributed by atoms with Gasteiger partial charge in [0.25, 0.3) is 5.91 Å². The number of amides is 1. The molecule has 6 aromatic rings. The third-order valence-electron chi connectivity index (χ3n) is 15.0. The van der Waals surface area contributed by atoms with Crippen molar-refractivity contribution in [1.82, 2.24) is 40.0 Å². The molecule has 0 aliphatic carbocycles. The summed E-state index contributed by atoms with van der Waals surface area (Å²) in [6.07, 6.45) is 3.86. The predicted molar refractivity (Wildman–Crippen MR) is 317 cm³/mol. The van der Waals surface area contributed by atoms with E-state index >= 15 is 0 Å². The molecule has 4 N–H and O–H groups in total. The molecule has 0 unspecified atom stereocenters. The van der Waals surface area contributed by atoms with Crippen LogP contribution in [0.5, 0.6) is 0 Å². The molecule has 0 atom stereocenters. The zero-order valence-electron chi connectivity index (χ0n) is 49.5. The molecule has 2 saturated heterocycles. The fraction of sp³-hybridized carbons (Fsp3) is 0.460. The number of hydrogen-bond donors (Lipinski definition) is 4. The number of aromatic nitrogens is 4. The molecule has 16 heteroatoms. The highest BCUT2D eigenvalue weighted by Crippen LogP contribution is 2.33. The standard InChI is InChI=1S/C29H33N5O.C20H27N3O2.C10H10N2.C2H6.CH3F.CH4O.ClH/c1-18(2)33-11-9-26-27(10-12-33)32-28(31-26)24-14-25(20(4)13-19(24)3)29(35)34-16-23(17-34)22-7-5-21(15-30)6-8-22;1-12(2)23-8-6-17-18(7-9-23)22-19(21-17)15-11-16(20(24)25-5)14(4)10-13(15)3;11-5-8-1-3-9(4-2-8)10-6-12-7-10;3*1-2;/h5-8,13-14,18,23H,9-12,16-17H2,1-4H3,(H,31,32);10-12H,6-9H2,1-5H3,(H,21,22);1-4,10,12H,6-7H2;1-2H3;1H3;2H,1H3;1H/i;;;;1D;;. The highest BCUT2D eigenvalue weighted by molar-refractivity contribution is 5.98. The first-order valence-electron chi connectivity index (χ1n) is 28.0. The summed E-state index contributed by atoms with van der Waals surface area (Å²) in [4.78, 5) is 49.3.